The summed E-state index contributed by atoms with van der Waals surface area (Å²) in [6.45, 7) is 1.24. The monoisotopic (exact) mass is 428 g/mol. The molecule has 0 aliphatic carbocycles. The van der Waals surface area contributed by atoms with E-state index in [0.717, 1.165) is 16.7 Å². The molecule has 164 valence electrons. The van der Waals surface area contributed by atoms with Gasteiger partial charge in [0, 0.05) is 18.1 Å². The minimum Gasteiger partial charge on any atom is -0.496 e. The Morgan fingerprint density at radius 3 is 2.26 bits per heavy atom. The van der Waals surface area contributed by atoms with Gasteiger partial charge in [-0.1, -0.05) is 18.2 Å². The van der Waals surface area contributed by atoms with Crippen LogP contribution in [-0.4, -0.2) is 68.8 Å². The third-order valence-corrected chi connectivity index (χ3v) is 5.41. The van der Waals surface area contributed by atoms with Crippen LogP contribution in [0.5, 0.6) is 5.75 Å². The number of aliphatic hydroxyl groups is 4. The van der Waals surface area contributed by atoms with Gasteiger partial charge in [0.1, 0.15) is 36.3 Å². The molecule has 2 aromatic carbocycles. The van der Waals surface area contributed by atoms with Crippen molar-refractivity contribution in [2.75, 3.05) is 13.7 Å². The summed E-state index contributed by atoms with van der Waals surface area (Å²) in [6.07, 6.45) is -6.12. The molecule has 31 heavy (non-hydrogen) atoms. The molecule has 0 amide bonds. The fourth-order valence-electron chi connectivity index (χ4n) is 3.71. The van der Waals surface area contributed by atoms with Gasteiger partial charge in [-0.15, -0.1) is 10.2 Å². The number of aliphatic hydroxyl groups excluding tert-OH is 4. The number of aryl methyl sites for hydroxylation is 1. The second-order valence-corrected chi connectivity index (χ2v) is 7.41. The van der Waals surface area contributed by atoms with Gasteiger partial charge in [0.2, 0.25) is 11.8 Å². The minimum atomic E-state index is -1.45. The average Bonchev–Trinajstić information content (AvgIpc) is 3.24. The second kappa shape index (κ2) is 8.74. The van der Waals surface area contributed by atoms with Gasteiger partial charge in [0.25, 0.3) is 0 Å². The summed E-state index contributed by atoms with van der Waals surface area (Å²) in [5.74, 6) is 1.51. The van der Waals surface area contributed by atoms with Crippen LogP contribution in [0, 0.1) is 6.92 Å². The maximum atomic E-state index is 10.5. The Hall–Kier alpha value is -2.82. The summed E-state index contributed by atoms with van der Waals surface area (Å²) in [7, 11) is 1.56. The number of benzene rings is 2. The Morgan fingerprint density at radius 1 is 0.935 bits per heavy atom. The molecular weight excluding hydrogens is 404 g/mol. The highest BCUT2D eigenvalue weighted by Crippen LogP contribution is 2.38. The van der Waals surface area contributed by atoms with Gasteiger partial charge < -0.3 is 34.3 Å². The van der Waals surface area contributed by atoms with Crippen LogP contribution in [0.2, 0.25) is 0 Å². The number of rotatable bonds is 5. The van der Waals surface area contributed by atoms with Gasteiger partial charge in [-0.2, -0.15) is 0 Å². The molecule has 5 atom stereocenters. The van der Waals surface area contributed by atoms with Gasteiger partial charge in [-0.3, -0.25) is 0 Å². The fraction of sp³-hybridized carbons (Fsp3) is 0.364. The molecule has 1 aromatic heterocycles. The summed E-state index contributed by atoms with van der Waals surface area (Å²) >= 11 is 0. The Morgan fingerprint density at radius 2 is 1.65 bits per heavy atom. The first-order valence-corrected chi connectivity index (χ1v) is 9.82. The van der Waals surface area contributed by atoms with Crippen molar-refractivity contribution in [1.29, 1.82) is 0 Å². The SMILES string of the molecule is COc1ccc(C2OC(CO)C(O)C(O)C2O)cc1-c1ccc(-c2nnc(C)o2)cc1. The lowest BCUT2D eigenvalue weighted by Crippen LogP contribution is -2.55. The molecule has 4 rings (SSSR count). The van der Waals surface area contributed by atoms with E-state index in [2.05, 4.69) is 10.2 Å². The third-order valence-electron chi connectivity index (χ3n) is 5.41. The first-order valence-electron chi connectivity index (χ1n) is 9.82. The molecule has 4 N–H and O–H groups in total. The fourth-order valence-corrected chi connectivity index (χ4v) is 3.71. The van der Waals surface area contributed by atoms with Crippen molar-refractivity contribution < 1.29 is 34.3 Å². The molecule has 1 aliphatic rings. The molecule has 2 heterocycles. The molecule has 9 heteroatoms. The zero-order valence-corrected chi connectivity index (χ0v) is 17.0. The predicted molar refractivity (Wildman–Crippen MR) is 109 cm³/mol. The molecule has 1 saturated heterocycles. The van der Waals surface area contributed by atoms with E-state index >= 15 is 0 Å². The van der Waals surface area contributed by atoms with Crippen LogP contribution in [0.25, 0.3) is 22.6 Å². The lowest BCUT2D eigenvalue weighted by Gasteiger charge is -2.40. The van der Waals surface area contributed by atoms with E-state index in [1.807, 2.05) is 24.3 Å². The summed E-state index contributed by atoms with van der Waals surface area (Å²) < 4.78 is 16.6. The molecule has 1 fully saturated rings. The maximum Gasteiger partial charge on any atom is 0.247 e. The van der Waals surface area contributed by atoms with Crippen LogP contribution in [0.4, 0.5) is 0 Å². The van der Waals surface area contributed by atoms with E-state index in [4.69, 9.17) is 13.9 Å². The van der Waals surface area contributed by atoms with E-state index in [0.29, 0.717) is 23.1 Å². The highest BCUT2D eigenvalue weighted by atomic mass is 16.5. The number of hydrogen-bond acceptors (Lipinski definition) is 9. The van der Waals surface area contributed by atoms with Crippen molar-refractivity contribution in [3.8, 4) is 28.3 Å². The molecule has 0 radical (unpaired) electrons. The zero-order chi connectivity index (χ0) is 22.1. The Labute approximate surface area is 178 Å². The second-order valence-electron chi connectivity index (χ2n) is 7.41. The van der Waals surface area contributed by atoms with E-state index in [1.54, 1.807) is 32.2 Å². The van der Waals surface area contributed by atoms with E-state index < -0.39 is 37.1 Å². The molecule has 5 unspecified atom stereocenters. The normalized spacial score (nSPS) is 26.1. The van der Waals surface area contributed by atoms with Crippen LogP contribution >= 0.6 is 0 Å². The number of nitrogens with zero attached hydrogens (tertiary/aromatic N) is 2. The number of hydrogen-bond donors (Lipinski definition) is 4. The lowest BCUT2D eigenvalue weighted by molar-refractivity contribution is -0.231. The summed E-state index contributed by atoms with van der Waals surface area (Å²) in [5, 5.41) is 47.9. The van der Waals surface area contributed by atoms with Crippen molar-refractivity contribution in [3.63, 3.8) is 0 Å². The Balaban J connectivity index is 1.68. The van der Waals surface area contributed by atoms with E-state index in [1.165, 1.54) is 0 Å². The highest BCUT2D eigenvalue weighted by Gasteiger charge is 2.44. The molecule has 9 nitrogen and oxygen atoms in total. The zero-order valence-electron chi connectivity index (χ0n) is 17.0. The maximum absolute atomic E-state index is 10.5. The molecule has 0 bridgehead atoms. The van der Waals surface area contributed by atoms with Crippen LogP contribution in [0.1, 0.15) is 17.6 Å². The largest absolute Gasteiger partial charge is 0.496 e. The van der Waals surface area contributed by atoms with Crippen LogP contribution in [0.3, 0.4) is 0 Å². The summed E-state index contributed by atoms with van der Waals surface area (Å²) in [5.41, 5.74) is 2.92. The highest BCUT2D eigenvalue weighted by molar-refractivity contribution is 5.73. The van der Waals surface area contributed by atoms with Crippen molar-refractivity contribution in [3.05, 3.63) is 53.9 Å². The predicted octanol–water partition coefficient (Wildman–Crippen LogP) is 1.24. The molecule has 0 spiro atoms. The number of ether oxygens (including phenoxy) is 2. The topological polar surface area (TPSA) is 138 Å². The number of aromatic nitrogens is 2. The van der Waals surface area contributed by atoms with Crippen molar-refractivity contribution in [1.82, 2.24) is 10.2 Å². The lowest BCUT2D eigenvalue weighted by atomic mass is 9.89. The number of methoxy groups -OCH3 is 1. The average molecular weight is 428 g/mol. The molecule has 3 aromatic rings. The van der Waals surface area contributed by atoms with Crippen LogP contribution in [-0.2, 0) is 4.74 Å². The molecule has 1 aliphatic heterocycles. The van der Waals surface area contributed by atoms with Crippen molar-refractivity contribution in [2.24, 2.45) is 0 Å². The van der Waals surface area contributed by atoms with E-state index in [9.17, 15) is 20.4 Å². The smallest absolute Gasteiger partial charge is 0.247 e. The van der Waals surface area contributed by atoms with Gasteiger partial charge in [0.15, 0.2) is 0 Å². The van der Waals surface area contributed by atoms with Gasteiger partial charge in [-0.25, -0.2) is 0 Å². The van der Waals surface area contributed by atoms with Gasteiger partial charge in [-0.05, 0) is 35.4 Å². The third kappa shape index (κ3) is 4.06. The van der Waals surface area contributed by atoms with Crippen molar-refractivity contribution >= 4 is 0 Å². The van der Waals surface area contributed by atoms with Gasteiger partial charge >= 0.3 is 0 Å². The van der Waals surface area contributed by atoms with Crippen molar-refractivity contribution in [2.45, 2.75) is 37.4 Å². The Bertz CT molecular complexity index is 1030. The quantitative estimate of drug-likeness (QED) is 0.473. The summed E-state index contributed by atoms with van der Waals surface area (Å²) in [6, 6.07) is 12.7. The molecule has 0 saturated carbocycles. The Kier molecular flexibility index (Phi) is 6.03. The van der Waals surface area contributed by atoms with Crippen LogP contribution < -0.4 is 4.74 Å². The standard InChI is InChI=1S/C22H24N2O7/c1-11-23-24-22(30-11)13-5-3-12(4-6-13)15-9-14(7-8-16(15)29-2)21-20(28)19(27)18(26)17(10-25)31-21/h3-9,17-21,25-28H,10H2,1-2H3. The summed E-state index contributed by atoms with van der Waals surface area (Å²) in [4.78, 5) is 0. The van der Waals surface area contributed by atoms with Crippen LogP contribution in [0.15, 0.2) is 46.9 Å². The van der Waals surface area contributed by atoms with Gasteiger partial charge in [0.05, 0.1) is 13.7 Å². The first-order chi connectivity index (χ1) is 14.9. The van der Waals surface area contributed by atoms with E-state index in [-0.39, 0.29) is 0 Å². The molecular formula is C22H24N2O7. The first kappa shape index (κ1) is 21.4. The minimum absolute atomic E-state index is 0.422.